The quantitative estimate of drug-likeness (QED) is 0.718. The van der Waals surface area contributed by atoms with Crippen LogP contribution in [0, 0.1) is 0 Å². The van der Waals surface area contributed by atoms with Crippen LogP contribution in [0.25, 0.3) is 0 Å². The van der Waals surface area contributed by atoms with Crippen LogP contribution in [0.2, 0.25) is 5.02 Å². The highest BCUT2D eigenvalue weighted by molar-refractivity contribution is 9.08. The Morgan fingerprint density at radius 3 is 2.55 bits per heavy atom. The fourth-order valence-corrected chi connectivity index (χ4v) is 2.56. The van der Waals surface area contributed by atoms with Crippen molar-refractivity contribution in [2.75, 3.05) is 7.11 Å². The number of carboxylic acids is 1. The molecule has 4 nitrogen and oxygen atoms in total. The third kappa shape index (κ3) is 3.72. The van der Waals surface area contributed by atoms with Crippen LogP contribution < -0.4 is 14.6 Å². The van der Waals surface area contributed by atoms with E-state index in [2.05, 4.69) is 15.9 Å². The van der Waals surface area contributed by atoms with Crippen molar-refractivity contribution in [1.29, 1.82) is 0 Å². The first-order valence-corrected chi connectivity index (χ1v) is 7.91. The van der Waals surface area contributed by atoms with E-state index in [1.165, 1.54) is 7.11 Å². The van der Waals surface area contributed by atoms with Crippen molar-refractivity contribution in [2.45, 2.75) is 11.4 Å². The van der Waals surface area contributed by atoms with Crippen molar-refractivity contribution in [3.05, 3.63) is 58.6 Å². The molecule has 0 radical (unpaired) electrons. The first kappa shape index (κ1) is 16.6. The highest BCUT2D eigenvalue weighted by atomic mass is 79.9. The Balaban J connectivity index is 2.41. The van der Waals surface area contributed by atoms with Gasteiger partial charge in [0.15, 0.2) is 17.6 Å². The van der Waals surface area contributed by atoms with Gasteiger partial charge in [0.1, 0.15) is 0 Å². The second kappa shape index (κ2) is 7.51. The molecule has 0 fully saturated rings. The molecule has 22 heavy (non-hydrogen) atoms. The Labute approximate surface area is 141 Å². The number of hydrogen-bond donors (Lipinski definition) is 0. The number of carbonyl (C=O) groups excluding carboxylic acids is 1. The zero-order chi connectivity index (χ0) is 16.1. The zero-order valence-corrected chi connectivity index (χ0v) is 14.1. The topological polar surface area (TPSA) is 58.6 Å². The summed E-state index contributed by atoms with van der Waals surface area (Å²) in [5, 5.41) is 12.3. The minimum Gasteiger partial charge on any atom is -0.546 e. The van der Waals surface area contributed by atoms with Crippen LogP contribution in [-0.4, -0.2) is 13.1 Å². The fraction of sp³-hybridized carbons (Fsp3) is 0.188. The number of alkyl halides is 1. The summed E-state index contributed by atoms with van der Waals surface area (Å²) >= 11 is 9.52. The lowest BCUT2D eigenvalue weighted by Gasteiger charge is -2.22. The van der Waals surface area contributed by atoms with E-state index in [1.807, 2.05) is 0 Å². The van der Waals surface area contributed by atoms with Gasteiger partial charge < -0.3 is 19.4 Å². The van der Waals surface area contributed by atoms with E-state index >= 15 is 0 Å². The molecular formula is C16H13BrClO4-. The third-order valence-electron chi connectivity index (χ3n) is 3.00. The van der Waals surface area contributed by atoms with Crippen molar-refractivity contribution >= 4 is 33.5 Å². The summed E-state index contributed by atoms with van der Waals surface area (Å²) in [4.78, 5) is 11.4. The van der Waals surface area contributed by atoms with E-state index in [0.29, 0.717) is 16.6 Å². The zero-order valence-electron chi connectivity index (χ0n) is 11.7. The number of carbonyl (C=O) groups is 1. The second-order valence-corrected chi connectivity index (χ2v) is 5.44. The van der Waals surface area contributed by atoms with Crippen molar-refractivity contribution in [3.63, 3.8) is 0 Å². The van der Waals surface area contributed by atoms with E-state index in [1.54, 1.807) is 42.5 Å². The van der Waals surface area contributed by atoms with Gasteiger partial charge in [0.05, 0.1) is 18.1 Å². The molecule has 0 aromatic heterocycles. The van der Waals surface area contributed by atoms with E-state index < -0.39 is 12.1 Å². The molecule has 0 amide bonds. The normalized spacial score (nSPS) is 11.8. The van der Waals surface area contributed by atoms with Gasteiger partial charge in [-0.2, -0.15) is 0 Å². The second-order valence-electron chi connectivity index (χ2n) is 4.47. The SMILES string of the molecule is COc1cc(CBr)cc(Cl)c1OC(C(=O)[O-])c1ccccc1. The molecule has 1 unspecified atom stereocenters. The maximum atomic E-state index is 11.4. The van der Waals surface area contributed by atoms with E-state index in [-0.39, 0.29) is 10.8 Å². The molecule has 0 saturated carbocycles. The molecule has 0 spiro atoms. The van der Waals surface area contributed by atoms with Gasteiger partial charge in [-0.1, -0.05) is 57.9 Å². The van der Waals surface area contributed by atoms with E-state index in [0.717, 1.165) is 5.56 Å². The minimum atomic E-state index is -1.35. The largest absolute Gasteiger partial charge is 0.546 e. The molecular weight excluding hydrogens is 372 g/mol. The standard InChI is InChI=1S/C16H14BrClO4/c1-21-13-8-10(9-17)7-12(18)15(13)22-14(16(19)20)11-5-3-2-4-6-11/h2-8,14H,9H2,1H3,(H,19,20)/p-1. The number of methoxy groups -OCH3 is 1. The van der Waals surface area contributed by atoms with Crippen LogP contribution in [0.1, 0.15) is 17.2 Å². The maximum Gasteiger partial charge on any atom is 0.181 e. The number of rotatable bonds is 6. The number of hydrogen-bond acceptors (Lipinski definition) is 4. The number of halogens is 2. The molecule has 0 aliphatic heterocycles. The number of ether oxygens (including phenoxy) is 2. The Morgan fingerprint density at radius 1 is 1.32 bits per heavy atom. The van der Waals surface area contributed by atoms with Gasteiger partial charge in [0.25, 0.3) is 0 Å². The molecule has 0 N–H and O–H groups in total. The van der Waals surface area contributed by atoms with Crippen molar-refractivity contribution in [2.24, 2.45) is 0 Å². The maximum absolute atomic E-state index is 11.4. The molecule has 0 saturated heterocycles. The van der Waals surface area contributed by atoms with E-state index in [4.69, 9.17) is 21.1 Å². The minimum absolute atomic E-state index is 0.173. The average molecular weight is 385 g/mol. The summed E-state index contributed by atoms with van der Waals surface area (Å²) in [6.45, 7) is 0. The van der Waals surface area contributed by atoms with Crippen molar-refractivity contribution in [1.82, 2.24) is 0 Å². The van der Waals surface area contributed by atoms with Gasteiger partial charge in [-0.05, 0) is 23.3 Å². The fourth-order valence-electron chi connectivity index (χ4n) is 1.96. The highest BCUT2D eigenvalue weighted by Gasteiger charge is 2.20. The smallest absolute Gasteiger partial charge is 0.181 e. The lowest BCUT2D eigenvalue weighted by Crippen LogP contribution is -2.33. The molecule has 2 aromatic rings. The summed E-state index contributed by atoms with van der Waals surface area (Å²) in [6.07, 6.45) is -1.28. The summed E-state index contributed by atoms with van der Waals surface area (Å²) in [6, 6.07) is 11.9. The molecule has 0 aliphatic carbocycles. The summed E-state index contributed by atoms with van der Waals surface area (Å²) in [7, 11) is 1.47. The summed E-state index contributed by atoms with van der Waals surface area (Å²) in [5.41, 5.74) is 1.35. The van der Waals surface area contributed by atoms with Gasteiger partial charge in [-0.15, -0.1) is 0 Å². The van der Waals surface area contributed by atoms with Gasteiger partial charge in [0.2, 0.25) is 0 Å². The van der Waals surface area contributed by atoms with Crippen molar-refractivity contribution in [3.8, 4) is 11.5 Å². The Morgan fingerprint density at radius 2 is 2.00 bits per heavy atom. The molecule has 6 heteroatoms. The van der Waals surface area contributed by atoms with Crippen LogP contribution in [0.5, 0.6) is 11.5 Å². The van der Waals surface area contributed by atoms with Gasteiger partial charge in [-0.25, -0.2) is 0 Å². The van der Waals surface area contributed by atoms with Crippen LogP contribution in [0.4, 0.5) is 0 Å². The first-order chi connectivity index (χ1) is 10.6. The Hall–Kier alpha value is -1.72. The predicted octanol–water partition coefficient (Wildman–Crippen LogP) is 3.11. The number of aliphatic carboxylic acids is 1. The van der Waals surface area contributed by atoms with Gasteiger partial charge in [-0.3, -0.25) is 0 Å². The Bertz CT molecular complexity index is 661. The van der Waals surface area contributed by atoms with Crippen LogP contribution in [0.15, 0.2) is 42.5 Å². The molecule has 0 bridgehead atoms. The van der Waals surface area contributed by atoms with Crippen LogP contribution in [-0.2, 0) is 10.1 Å². The third-order valence-corrected chi connectivity index (χ3v) is 3.92. The van der Waals surface area contributed by atoms with Gasteiger partial charge >= 0.3 is 0 Å². The molecule has 1 atom stereocenters. The average Bonchev–Trinajstić information content (AvgIpc) is 2.53. The number of benzene rings is 2. The predicted molar refractivity (Wildman–Crippen MR) is 85.5 cm³/mol. The molecule has 0 heterocycles. The van der Waals surface area contributed by atoms with Crippen molar-refractivity contribution < 1.29 is 19.4 Å². The monoisotopic (exact) mass is 383 g/mol. The Kier molecular flexibility index (Phi) is 5.69. The molecule has 2 rings (SSSR count). The highest BCUT2D eigenvalue weighted by Crippen LogP contribution is 2.39. The molecule has 116 valence electrons. The van der Waals surface area contributed by atoms with Crippen LogP contribution >= 0.6 is 27.5 Å². The number of carboxylic acid groups (broad SMARTS) is 1. The molecule has 0 aliphatic rings. The summed E-state index contributed by atoms with van der Waals surface area (Å²) < 4.78 is 10.8. The van der Waals surface area contributed by atoms with E-state index in [9.17, 15) is 9.90 Å². The van der Waals surface area contributed by atoms with Gasteiger partial charge in [0, 0.05) is 5.33 Å². The molecule has 2 aromatic carbocycles. The van der Waals surface area contributed by atoms with Crippen LogP contribution in [0.3, 0.4) is 0 Å². The lowest BCUT2D eigenvalue weighted by atomic mass is 10.1. The lowest BCUT2D eigenvalue weighted by molar-refractivity contribution is -0.314. The summed E-state index contributed by atoms with van der Waals surface area (Å²) in [5.74, 6) is -0.815. The first-order valence-electron chi connectivity index (χ1n) is 6.41.